The zero-order chi connectivity index (χ0) is 16.4. The number of halogens is 2. The number of thioether (sulfide) groups is 1. The molecule has 0 saturated heterocycles. The van der Waals surface area contributed by atoms with Gasteiger partial charge >= 0.3 is 5.69 Å². The number of benzene rings is 1. The van der Waals surface area contributed by atoms with Gasteiger partial charge in [0.25, 0.3) is 0 Å². The lowest BCUT2D eigenvalue weighted by atomic mass is 10.3. The highest BCUT2D eigenvalue weighted by Crippen LogP contribution is 2.36. The number of aromatic nitrogens is 3. The van der Waals surface area contributed by atoms with Crippen molar-refractivity contribution in [2.45, 2.75) is 30.5 Å². The van der Waals surface area contributed by atoms with Crippen LogP contribution in [0.1, 0.15) is 25.3 Å². The van der Waals surface area contributed by atoms with Crippen LogP contribution in [-0.2, 0) is 4.79 Å². The molecule has 2 aromatic rings. The van der Waals surface area contributed by atoms with Crippen molar-refractivity contribution in [3.8, 4) is 0 Å². The molecule has 0 bridgehead atoms. The van der Waals surface area contributed by atoms with Crippen molar-refractivity contribution >= 4 is 46.6 Å². The maximum absolute atomic E-state index is 12.0. The molecule has 1 amide bonds. The predicted molar refractivity (Wildman–Crippen MR) is 91.6 cm³/mol. The Kier molecular flexibility index (Phi) is 4.99. The van der Waals surface area contributed by atoms with Gasteiger partial charge in [-0.1, -0.05) is 35.0 Å². The first kappa shape index (κ1) is 16.4. The van der Waals surface area contributed by atoms with Crippen LogP contribution in [0.3, 0.4) is 0 Å². The van der Waals surface area contributed by atoms with E-state index in [1.807, 2.05) is 0 Å². The van der Waals surface area contributed by atoms with Crippen molar-refractivity contribution < 1.29 is 4.79 Å². The minimum absolute atomic E-state index is 0.169. The number of rotatable bonds is 6. The Bertz CT molecular complexity index is 785. The van der Waals surface area contributed by atoms with E-state index in [9.17, 15) is 9.59 Å². The van der Waals surface area contributed by atoms with Crippen molar-refractivity contribution in [1.29, 1.82) is 0 Å². The molecule has 1 aromatic carbocycles. The van der Waals surface area contributed by atoms with Crippen LogP contribution in [0.5, 0.6) is 0 Å². The van der Waals surface area contributed by atoms with Crippen molar-refractivity contribution in [2.24, 2.45) is 0 Å². The quantitative estimate of drug-likeness (QED) is 0.762. The van der Waals surface area contributed by atoms with Crippen molar-refractivity contribution in [3.63, 3.8) is 0 Å². The van der Waals surface area contributed by atoms with Gasteiger partial charge in [-0.05, 0) is 31.0 Å². The maximum Gasteiger partial charge on any atom is 0.344 e. The zero-order valence-electron chi connectivity index (χ0n) is 12.0. The molecule has 1 saturated carbocycles. The van der Waals surface area contributed by atoms with Gasteiger partial charge in [0, 0.05) is 23.2 Å². The van der Waals surface area contributed by atoms with Gasteiger partial charge in [-0.2, -0.15) is 0 Å². The summed E-state index contributed by atoms with van der Waals surface area (Å²) in [6.07, 6.45) is 2.28. The van der Waals surface area contributed by atoms with E-state index in [-0.39, 0.29) is 24.1 Å². The molecule has 6 nitrogen and oxygen atoms in total. The number of hydrogen-bond acceptors (Lipinski definition) is 4. The van der Waals surface area contributed by atoms with Gasteiger partial charge in [-0.25, -0.2) is 9.89 Å². The monoisotopic (exact) mass is 372 g/mol. The predicted octanol–water partition coefficient (Wildman–Crippen LogP) is 3.33. The fourth-order valence-electron chi connectivity index (χ4n) is 2.09. The number of carbonyl (C=O) groups excluding carboxylic acids is 1. The van der Waals surface area contributed by atoms with Crippen LogP contribution in [0.2, 0.25) is 10.0 Å². The summed E-state index contributed by atoms with van der Waals surface area (Å²) in [5.74, 6) is 0.346. The smallest absolute Gasteiger partial charge is 0.325 e. The Labute approximate surface area is 146 Å². The Morgan fingerprint density at radius 2 is 2.22 bits per heavy atom. The van der Waals surface area contributed by atoms with Gasteiger partial charge in [0.2, 0.25) is 5.91 Å². The molecule has 1 aromatic heterocycles. The number of anilines is 1. The van der Waals surface area contributed by atoms with Crippen LogP contribution < -0.4 is 11.0 Å². The van der Waals surface area contributed by atoms with Crippen molar-refractivity contribution in [3.05, 3.63) is 38.7 Å². The fraction of sp³-hybridized carbons (Fsp3) is 0.357. The first-order valence-corrected chi connectivity index (χ1v) is 8.83. The van der Waals surface area contributed by atoms with Crippen LogP contribution in [-0.4, -0.2) is 26.4 Å². The molecule has 1 fully saturated rings. The molecule has 0 atom stereocenters. The SMILES string of the molecule is O=C(CCSc1n[nH]c(=O)n1C1CC1)Nc1cc(Cl)ccc1Cl. The lowest BCUT2D eigenvalue weighted by Crippen LogP contribution is -2.16. The summed E-state index contributed by atoms with van der Waals surface area (Å²) < 4.78 is 1.66. The van der Waals surface area contributed by atoms with Crippen LogP contribution in [0.15, 0.2) is 28.2 Å². The Balaban J connectivity index is 1.53. The number of nitrogens with zero attached hydrogens (tertiary/aromatic N) is 2. The molecule has 23 heavy (non-hydrogen) atoms. The minimum Gasteiger partial charge on any atom is -0.325 e. The van der Waals surface area contributed by atoms with Crippen LogP contribution >= 0.6 is 35.0 Å². The first-order chi connectivity index (χ1) is 11.0. The third-order valence-corrected chi connectivity index (χ3v) is 4.87. The average Bonchev–Trinajstić information content (AvgIpc) is 3.27. The molecular formula is C14H14Cl2N4O2S. The molecule has 0 radical (unpaired) electrons. The highest BCUT2D eigenvalue weighted by molar-refractivity contribution is 7.99. The molecule has 3 rings (SSSR count). The molecule has 1 aliphatic carbocycles. The van der Waals surface area contributed by atoms with E-state index >= 15 is 0 Å². The average molecular weight is 373 g/mol. The molecule has 9 heteroatoms. The second-order valence-corrected chi connectivity index (χ2v) is 7.09. The van der Waals surface area contributed by atoms with Crippen LogP contribution in [0.25, 0.3) is 0 Å². The second-order valence-electron chi connectivity index (χ2n) is 5.18. The van der Waals surface area contributed by atoms with E-state index in [1.54, 1.807) is 22.8 Å². The van der Waals surface area contributed by atoms with E-state index in [0.717, 1.165) is 12.8 Å². The topological polar surface area (TPSA) is 79.8 Å². The van der Waals surface area contributed by atoms with Gasteiger partial charge < -0.3 is 5.32 Å². The van der Waals surface area contributed by atoms with Gasteiger partial charge in [-0.15, -0.1) is 5.10 Å². The molecule has 1 heterocycles. The summed E-state index contributed by atoms with van der Waals surface area (Å²) in [5.41, 5.74) is 0.300. The number of aromatic amines is 1. The third kappa shape index (κ3) is 4.10. The fourth-order valence-corrected chi connectivity index (χ4v) is 3.38. The molecule has 1 aliphatic rings. The Morgan fingerprint density at radius 1 is 1.43 bits per heavy atom. The van der Waals surface area contributed by atoms with Crippen molar-refractivity contribution in [1.82, 2.24) is 14.8 Å². The number of amides is 1. The summed E-state index contributed by atoms with van der Waals surface area (Å²) in [6.45, 7) is 0. The summed E-state index contributed by atoms with van der Waals surface area (Å²) in [4.78, 5) is 23.6. The zero-order valence-corrected chi connectivity index (χ0v) is 14.3. The van der Waals surface area contributed by atoms with Gasteiger partial charge in [0.1, 0.15) is 0 Å². The Hall–Kier alpha value is -1.44. The lowest BCUT2D eigenvalue weighted by molar-refractivity contribution is -0.115. The number of H-pyrrole nitrogens is 1. The number of hydrogen-bond donors (Lipinski definition) is 2. The normalized spacial score (nSPS) is 14.0. The highest BCUT2D eigenvalue weighted by atomic mass is 35.5. The van der Waals surface area contributed by atoms with Crippen molar-refractivity contribution in [2.75, 3.05) is 11.1 Å². The first-order valence-electron chi connectivity index (χ1n) is 7.09. The molecule has 0 spiro atoms. The van der Waals surface area contributed by atoms with Crippen LogP contribution in [0, 0.1) is 0 Å². The lowest BCUT2D eigenvalue weighted by Gasteiger charge is -2.07. The third-order valence-electron chi connectivity index (χ3n) is 3.35. The summed E-state index contributed by atoms with van der Waals surface area (Å²) >= 11 is 13.3. The molecule has 0 aliphatic heterocycles. The van der Waals surface area contributed by atoms with E-state index in [4.69, 9.17) is 23.2 Å². The van der Waals surface area contributed by atoms with E-state index in [1.165, 1.54) is 11.8 Å². The van der Waals surface area contributed by atoms with E-state index in [2.05, 4.69) is 15.5 Å². The number of carbonyl (C=O) groups is 1. The summed E-state index contributed by atoms with van der Waals surface area (Å²) in [5, 5.41) is 10.8. The summed E-state index contributed by atoms with van der Waals surface area (Å²) in [7, 11) is 0. The largest absolute Gasteiger partial charge is 0.344 e. The van der Waals surface area contributed by atoms with E-state index < -0.39 is 0 Å². The molecular weight excluding hydrogens is 359 g/mol. The summed E-state index contributed by atoms with van der Waals surface area (Å²) in [6, 6.07) is 5.15. The highest BCUT2D eigenvalue weighted by Gasteiger charge is 2.28. The second kappa shape index (κ2) is 6.98. The molecule has 122 valence electrons. The maximum atomic E-state index is 12.0. The molecule has 2 N–H and O–H groups in total. The minimum atomic E-state index is -0.190. The van der Waals surface area contributed by atoms with Gasteiger partial charge in [-0.3, -0.25) is 9.36 Å². The van der Waals surface area contributed by atoms with Gasteiger partial charge in [0.15, 0.2) is 5.16 Å². The van der Waals surface area contributed by atoms with Crippen LogP contribution in [0.4, 0.5) is 5.69 Å². The Morgan fingerprint density at radius 3 is 2.96 bits per heavy atom. The number of nitrogens with one attached hydrogen (secondary N) is 2. The molecule has 0 unspecified atom stereocenters. The van der Waals surface area contributed by atoms with Gasteiger partial charge in [0.05, 0.1) is 10.7 Å². The van der Waals surface area contributed by atoms with E-state index in [0.29, 0.717) is 26.6 Å². The standard InChI is InChI=1S/C14H14Cl2N4O2S/c15-8-1-4-10(16)11(7-8)17-12(21)5-6-23-14-19-18-13(22)20(14)9-2-3-9/h1,4,7,9H,2-3,5-6H2,(H,17,21)(H,18,22).